The van der Waals surface area contributed by atoms with Crippen molar-refractivity contribution in [2.24, 2.45) is 0 Å². The maximum atomic E-state index is 6.61. The number of fused-ring (bicyclic) bond motifs is 13. The number of nitrogens with zero attached hydrogens (tertiary/aromatic N) is 5. The fourth-order valence-electron chi connectivity index (χ4n) is 17.5. The second-order valence-corrected chi connectivity index (χ2v) is 30.7. The zero-order valence-corrected chi connectivity index (χ0v) is 65.3. The van der Waals surface area contributed by atoms with Gasteiger partial charge in [-0.15, -0.1) is 0 Å². The summed E-state index contributed by atoms with van der Waals surface area (Å²) < 4.78 is 8.86. The summed E-state index contributed by atoms with van der Waals surface area (Å²) in [4.78, 5) is 21.2. The number of para-hydroxylation sites is 3. The standard InChI is InChI=1S/C58H36N2O.C56H37N3/c1-3-13-37(14-4-1)39-23-27-42(28-24-39)52-36-54(43-31-25-40(26-32-43)38-15-5-2-6-16-38)59-55-48-20-10-8-19-47(48)51(35-53(52)55)41-29-33-44(34-30-41)58-60-56-49-21-11-7-17-45(49)46-18-9-12-22-50(46)57(56)61-58;1-4-14-38(15-5-1)40-24-28-43(29-25-40)50-37-53(44-32-26-41(27-33-44)39-16-6-2-7-17-39)57-55-48-21-11-10-20-47(48)49(36-51(50)55)42-30-34-45(35-31-42)56-58-52-22-12-13-23-54(52)59(56)46-18-8-3-9-19-46/h1-36H;1-37H. The van der Waals surface area contributed by atoms with Crippen molar-refractivity contribution in [2.45, 2.75) is 0 Å². The number of aromatic nitrogens is 5. The third kappa shape index (κ3) is 13.0. The molecular weight excluding hydrogens is 1460 g/mol. The number of rotatable bonds is 13. The maximum absolute atomic E-state index is 6.61. The van der Waals surface area contributed by atoms with Crippen molar-refractivity contribution in [1.82, 2.24) is 24.5 Å². The highest BCUT2D eigenvalue weighted by Gasteiger charge is 2.23. The minimum atomic E-state index is 0.612. The lowest BCUT2D eigenvalue weighted by Gasteiger charge is -2.16. The Kier molecular flexibility index (Phi) is 17.8. The van der Waals surface area contributed by atoms with E-state index in [-0.39, 0.29) is 0 Å². The van der Waals surface area contributed by atoms with E-state index in [2.05, 4.69) is 441 Å². The smallest absolute Gasteiger partial charge is 0.227 e. The molecular formula is C114H73N5O. The van der Waals surface area contributed by atoms with Crippen molar-refractivity contribution in [1.29, 1.82) is 0 Å². The largest absolute Gasteiger partial charge is 0.435 e. The molecule has 0 amide bonds. The van der Waals surface area contributed by atoms with Crippen molar-refractivity contribution in [3.8, 4) is 140 Å². The Hall–Kier alpha value is -16.0. The monoisotopic (exact) mass is 1530 g/mol. The molecule has 4 aromatic heterocycles. The summed E-state index contributed by atoms with van der Waals surface area (Å²) in [6.07, 6.45) is 0. The number of imidazole rings is 1. The predicted molar refractivity (Wildman–Crippen MR) is 501 cm³/mol. The fraction of sp³-hybridized carbons (Fsp3) is 0. The van der Waals surface area contributed by atoms with Crippen LogP contribution in [-0.4, -0.2) is 24.5 Å². The van der Waals surface area contributed by atoms with Crippen LogP contribution >= 0.6 is 0 Å². The average molecular weight is 1530 g/mol. The van der Waals surface area contributed by atoms with Gasteiger partial charge in [0, 0.05) is 60.3 Å². The van der Waals surface area contributed by atoms with Gasteiger partial charge in [-0.1, -0.05) is 382 Å². The Balaban J connectivity index is 0.000000144. The van der Waals surface area contributed by atoms with Gasteiger partial charge in [-0.3, -0.25) is 4.57 Å². The second kappa shape index (κ2) is 30.3. The summed E-state index contributed by atoms with van der Waals surface area (Å²) in [6.45, 7) is 0. The Labute approximate surface area is 694 Å². The van der Waals surface area contributed by atoms with Crippen molar-refractivity contribution in [3.05, 3.63) is 443 Å². The van der Waals surface area contributed by atoms with E-state index in [1.165, 1.54) is 66.2 Å². The van der Waals surface area contributed by atoms with Crippen LogP contribution in [0.25, 0.3) is 227 Å². The van der Waals surface area contributed by atoms with E-state index in [0.29, 0.717) is 5.89 Å². The van der Waals surface area contributed by atoms with E-state index in [0.717, 1.165) is 155 Å². The lowest BCUT2D eigenvalue weighted by atomic mass is 9.90. The van der Waals surface area contributed by atoms with Crippen LogP contribution in [0, 0.1) is 0 Å². The summed E-state index contributed by atoms with van der Waals surface area (Å²) >= 11 is 0. The summed E-state index contributed by atoms with van der Waals surface area (Å²) in [6, 6.07) is 157. The molecule has 23 rings (SSSR count). The zero-order valence-electron chi connectivity index (χ0n) is 65.3. The predicted octanol–water partition coefficient (Wildman–Crippen LogP) is 30.6. The molecule has 4 heterocycles. The van der Waals surface area contributed by atoms with Crippen LogP contribution < -0.4 is 0 Å². The van der Waals surface area contributed by atoms with Crippen LogP contribution in [-0.2, 0) is 0 Å². The summed E-state index contributed by atoms with van der Waals surface area (Å²) in [5.41, 5.74) is 31.5. The second-order valence-electron chi connectivity index (χ2n) is 30.7. The first-order valence-electron chi connectivity index (χ1n) is 40.8. The molecule has 6 nitrogen and oxygen atoms in total. The molecule has 0 saturated heterocycles. The first-order chi connectivity index (χ1) is 59.5. The molecule has 0 aliphatic heterocycles. The van der Waals surface area contributed by atoms with Crippen LogP contribution in [0.3, 0.4) is 0 Å². The van der Waals surface area contributed by atoms with Gasteiger partial charge in [0.2, 0.25) is 5.89 Å². The van der Waals surface area contributed by atoms with Crippen molar-refractivity contribution in [2.75, 3.05) is 0 Å². The first-order valence-corrected chi connectivity index (χ1v) is 40.8. The molecule has 23 aromatic rings. The topological polar surface area (TPSA) is 69.6 Å². The first kappa shape index (κ1) is 70.6. The van der Waals surface area contributed by atoms with Gasteiger partial charge in [-0.25, -0.2) is 19.9 Å². The fourth-order valence-corrected chi connectivity index (χ4v) is 17.5. The summed E-state index contributed by atoms with van der Waals surface area (Å²) in [5, 5.41) is 11.3. The molecule has 0 bridgehead atoms. The molecule has 0 aliphatic rings. The Morgan fingerprint density at radius 3 is 0.892 bits per heavy atom. The highest BCUT2D eigenvalue weighted by Crippen LogP contribution is 2.46. The molecule has 560 valence electrons. The highest BCUT2D eigenvalue weighted by molar-refractivity contribution is 6.23. The molecule has 19 aromatic carbocycles. The Bertz CT molecular complexity index is 7720. The number of pyridine rings is 2. The Morgan fingerprint density at radius 1 is 0.183 bits per heavy atom. The zero-order chi connectivity index (χ0) is 79.4. The van der Waals surface area contributed by atoms with E-state index in [9.17, 15) is 0 Å². The average Bonchev–Trinajstić information content (AvgIpc) is 1.02. The van der Waals surface area contributed by atoms with Gasteiger partial charge in [0.05, 0.1) is 33.5 Å². The van der Waals surface area contributed by atoms with Gasteiger partial charge in [0.25, 0.3) is 0 Å². The summed E-state index contributed by atoms with van der Waals surface area (Å²) in [5.74, 6) is 1.53. The number of hydrogen-bond donors (Lipinski definition) is 0. The van der Waals surface area contributed by atoms with Crippen LogP contribution in [0.15, 0.2) is 447 Å². The lowest BCUT2D eigenvalue weighted by Crippen LogP contribution is -1.97. The molecule has 6 heteroatoms. The maximum Gasteiger partial charge on any atom is 0.227 e. The third-order valence-corrected chi connectivity index (χ3v) is 23.6. The quantitative estimate of drug-likeness (QED) is 0.108. The lowest BCUT2D eigenvalue weighted by molar-refractivity contribution is 0.623. The van der Waals surface area contributed by atoms with Gasteiger partial charge in [-0.2, -0.15) is 0 Å². The van der Waals surface area contributed by atoms with Crippen molar-refractivity contribution < 1.29 is 4.42 Å². The van der Waals surface area contributed by atoms with Gasteiger partial charge < -0.3 is 4.42 Å². The number of benzene rings is 19. The van der Waals surface area contributed by atoms with E-state index in [1.54, 1.807) is 0 Å². The van der Waals surface area contributed by atoms with Crippen molar-refractivity contribution >= 4 is 87.0 Å². The third-order valence-electron chi connectivity index (χ3n) is 23.6. The van der Waals surface area contributed by atoms with E-state index >= 15 is 0 Å². The minimum Gasteiger partial charge on any atom is -0.435 e. The minimum absolute atomic E-state index is 0.612. The van der Waals surface area contributed by atoms with Gasteiger partial charge in [0.1, 0.15) is 11.3 Å². The van der Waals surface area contributed by atoms with Crippen LogP contribution in [0.1, 0.15) is 0 Å². The molecule has 0 N–H and O–H groups in total. The molecule has 120 heavy (non-hydrogen) atoms. The Morgan fingerprint density at radius 2 is 0.475 bits per heavy atom. The molecule has 0 radical (unpaired) electrons. The van der Waals surface area contributed by atoms with Crippen LogP contribution in [0.5, 0.6) is 0 Å². The van der Waals surface area contributed by atoms with Crippen LogP contribution in [0.2, 0.25) is 0 Å². The van der Waals surface area contributed by atoms with Gasteiger partial charge >= 0.3 is 0 Å². The SMILES string of the molecule is c1ccc(-c2ccc(-c3cc(-c4ccc(-c5ccccc5)cc4)c4cc(-c5ccc(-c6nc7c8ccccc8c8ccccc8c7o6)cc5)c5ccccc5c4n3)cc2)cc1.c1ccc(-c2ccc(-c3cc(-c4ccc(-c5ccccc5)cc4)c4cc(-c5ccc(-c6nc7ccccc7n6-c6ccccc6)cc5)c5ccccc5c4n3)cc2)cc1. The molecule has 0 aliphatic carbocycles. The van der Waals surface area contributed by atoms with Crippen molar-refractivity contribution in [3.63, 3.8) is 0 Å². The van der Waals surface area contributed by atoms with Crippen LogP contribution in [0.4, 0.5) is 0 Å². The van der Waals surface area contributed by atoms with Gasteiger partial charge in [0.15, 0.2) is 5.58 Å². The normalized spacial score (nSPS) is 11.5. The van der Waals surface area contributed by atoms with E-state index < -0.39 is 0 Å². The molecule has 0 atom stereocenters. The highest BCUT2D eigenvalue weighted by atomic mass is 16.3. The molecule has 0 spiro atoms. The summed E-state index contributed by atoms with van der Waals surface area (Å²) in [7, 11) is 0. The number of hydrogen-bond acceptors (Lipinski definition) is 5. The van der Waals surface area contributed by atoms with E-state index in [1.807, 2.05) is 6.07 Å². The number of oxazole rings is 1. The molecule has 0 saturated carbocycles. The van der Waals surface area contributed by atoms with E-state index in [4.69, 9.17) is 24.4 Å². The molecule has 0 fully saturated rings. The molecule has 0 unspecified atom stereocenters. The van der Waals surface area contributed by atoms with Gasteiger partial charge in [-0.05, 0) is 171 Å².